The molecule has 1 aliphatic carbocycles. The van der Waals surface area contributed by atoms with E-state index >= 15 is 0 Å². The van der Waals surface area contributed by atoms with Crippen LogP contribution in [0.3, 0.4) is 0 Å². The van der Waals surface area contributed by atoms with Crippen LogP contribution in [0, 0.1) is 0 Å². The molecule has 1 aliphatic heterocycles. The second kappa shape index (κ2) is 5.85. The van der Waals surface area contributed by atoms with Crippen molar-refractivity contribution in [2.24, 2.45) is 0 Å². The maximum atomic E-state index is 10.8. The van der Waals surface area contributed by atoms with Crippen LogP contribution in [0.1, 0.15) is 18.4 Å². The third-order valence-electron chi connectivity index (χ3n) is 5.72. The summed E-state index contributed by atoms with van der Waals surface area (Å²) < 4.78 is 10.6. The van der Waals surface area contributed by atoms with Gasteiger partial charge in [0.1, 0.15) is 14.0 Å². The number of nitrogens with zero attached hydrogens (tertiary/aromatic N) is 1. The van der Waals surface area contributed by atoms with Crippen LogP contribution in [0.15, 0.2) is 18.2 Å². The highest BCUT2D eigenvalue weighted by atomic mass is 16.5. The first kappa shape index (κ1) is 18.5. The number of aliphatic hydroxyl groups excluding tert-OH is 1. The minimum atomic E-state index is -2.52. The Morgan fingerprint density at radius 2 is 1.80 bits per heavy atom. The predicted octanol–water partition coefficient (Wildman–Crippen LogP) is -1.05. The van der Waals surface area contributed by atoms with Crippen LogP contribution in [0.25, 0.3) is 0 Å². The van der Waals surface area contributed by atoms with E-state index in [0.717, 1.165) is 5.56 Å². The number of aliphatic hydroxyl groups is 4. The van der Waals surface area contributed by atoms with E-state index in [-0.39, 0.29) is 6.42 Å². The standard InChI is InChI=1S/C17H24BNO6/c1-19-7-6-15(10-4-5-11(24-2)12(8-10)25-3)9-16(21,22)14(20)17(18,23)13(15)19/h4-5,8,13-14,20-23H,6-7,9H2,1-3H3/t13?,14?,15-,17?/m1/s1. The summed E-state index contributed by atoms with van der Waals surface area (Å²) in [6, 6.07) is 4.60. The molecule has 0 aromatic heterocycles. The summed E-state index contributed by atoms with van der Waals surface area (Å²) in [6.45, 7) is 0.585. The first-order valence-electron chi connectivity index (χ1n) is 8.17. The number of hydrogen-bond acceptors (Lipinski definition) is 7. The number of hydrogen-bond donors (Lipinski definition) is 4. The van der Waals surface area contributed by atoms with Gasteiger partial charge in [-0.3, -0.25) is 0 Å². The van der Waals surface area contributed by atoms with Gasteiger partial charge in [0.25, 0.3) is 0 Å². The number of likely N-dealkylation sites (N-methyl/N-ethyl adjacent to an activating group) is 1. The van der Waals surface area contributed by atoms with Gasteiger partial charge in [0.15, 0.2) is 17.3 Å². The Bertz CT molecular complexity index is 667. The van der Waals surface area contributed by atoms with E-state index < -0.39 is 28.8 Å². The molecular formula is C17H24BNO6. The molecule has 0 spiro atoms. The molecule has 3 rings (SSSR count). The predicted molar refractivity (Wildman–Crippen MR) is 90.8 cm³/mol. The molecule has 1 aromatic carbocycles. The van der Waals surface area contributed by atoms with Gasteiger partial charge in [0, 0.05) is 17.9 Å². The molecule has 8 heteroatoms. The highest BCUT2D eigenvalue weighted by Gasteiger charge is 2.66. The maximum absolute atomic E-state index is 10.8. The summed E-state index contributed by atoms with van der Waals surface area (Å²) >= 11 is 0. The van der Waals surface area contributed by atoms with Crippen molar-refractivity contribution >= 4 is 7.85 Å². The van der Waals surface area contributed by atoms with Gasteiger partial charge in [-0.15, -0.1) is 0 Å². The smallest absolute Gasteiger partial charge is 0.192 e. The lowest BCUT2D eigenvalue weighted by Crippen LogP contribution is -2.74. The summed E-state index contributed by atoms with van der Waals surface area (Å²) in [5, 5.41) is 41.7. The molecule has 2 radical (unpaired) electrons. The Morgan fingerprint density at radius 3 is 2.40 bits per heavy atom. The Balaban J connectivity index is 2.18. The van der Waals surface area contributed by atoms with Crippen molar-refractivity contribution in [2.75, 3.05) is 27.8 Å². The van der Waals surface area contributed by atoms with Crippen LogP contribution in [0.5, 0.6) is 11.5 Å². The molecule has 1 saturated carbocycles. The molecule has 4 N–H and O–H groups in total. The summed E-state index contributed by atoms with van der Waals surface area (Å²) in [7, 11) is 10.9. The van der Waals surface area contributed by atoms with Crippen LogP contribution < -0.4 is 9.47 Å². The van der Waals surface area contributed by atoms with Crippen LogP contribution in [0.2, 0.25) is 0 Å². The van der Waals surface area contributed by atoms with E-state index in [9.17, 15) is 20.4 Å². The number of rotatable bonds is 3. The van der Waals surface area contributed by atoms with Gasteiger partial charge in [-0.25, -0.2) is 0 Å². The molecule has 136 valence electrons. The SMILES string of the molecule is [B]C1(O)C(O)C(O)(O)C[C@@]2(c3ccc(OC)c(OC)c3)CCN(C)C12. The third-order valence-corrected chi connectivity index (χ3v) is 5.72. The van der Waals surface area contributed by atoms with Gasteiger partial charge in [0.2, 0.25) is 0 Å². The number of methoxy groups -OCH3 is 2. The summed E-state index contributed by atoms with van der Waals surface area (Å²) in [6.07, 6.45) is -1.51. The summed E-state index contributed by atoms with van der Waals surface area (Å²) in [5.41, 5.74) is -2.32. The normalized spacial score (nSPS) is 37.6. The molecule has 4 atom stereocenters. The topological polar surface area (TPSA) is 103 Å². The van der Waals surface area contributed by atoms with Crippen molar-refractivity contribution < 1.29 is 29.9 Å². The van der Waals surface area contributed by atoms with E-state index in [4.69, 9.17) is 17.3 Å². The van der Waals surface area contributed by atoms with Gasteiger partial charge in [0.05, 0.1) is 19.7 Å². The zero-order valence-corrected chi connectivity index (χ0v) is 14.6. The first-order chi connectivity index (χ1) is 11.6. The molecule has 0 amide bonds. The number of likely N-dealkylation sites (tertiary alicyclic amines) is 1. The Labute approximate surface area is 148 Å². The average Bonchev–Trinajstić information content (AvgIpc) is 2.90. The zero-order valence-electron chi connectivity index (χ0n) is 14.6. The summed E-state index contributed by atoms with van der Waals surface area (Å²) in [4.78, 5) is 1.84. The Kier molecular flexibility index (Phi) is 4.33. The molecule has 2 aliphatic rings. The van der Waals surface area contributed by atoms with Crippen LogP contribution in [-0.2, 0) is 5.41 Å². The highest BCUT2D eigenvalue weighted by molar-refractivity contribution is 6.15. The number of benzene rings is 1. The van der Waals surface area contributed by atoms with Crippen LogP contribution in [0.4, 0.5) is 0 Å². The lowest BCUT2D eigenvalue weighted by atomic mass is 9.52. The van der Waals surface area contributed by atoms with Crippen LogP contribution >= 0.6 is 0 Å². The maximum Gasteiger partial charge on any atom is 0.192 e. The fourth-order valence-corrected chi connectivity index (χ4v) is 4.68. The quantitative estimate of drug-likeness (QED) is 0.408. The largest absolute Gasteiger partial charge is 0.493 e. The van der Waals surface area contributed by atoms with E-state index in [1.807, 2.05) is 4.90 Å². The molecule has 3 unspecified atom stereocenters. The van der Waals surface area contributed by atoms with Gasteiger partial charge in [-0.1, -0.05) is 6.07 Å². The molecule has 7 nitrogen and oxygen atoms in total. The van der Waals surface area contributed by atoms with Gasteiger partial charge >= 0.3 is 0 Å². The Morgan fingerprint density at radius 1 is 1.16 bits per heavy atom. The Hall–Kier alpha value is -1.32. The first-order valence-corrected chi connectivity index (χ1v) is 8.17. The van der Waals surface area contributed by atoms with E-state index in [1.165, 1.54) is 14.2 Å². The van der Waals surface area contributed by atoms with Crippen molar-refractivity contribution in [2.45, 2.75) is 41.7 Å². The van der Waals surface area contributed by atoms with Crippen molar-refractivity contribution in [1.82, 2.24) is 4.90 Å². The second-order valence-electron chi connectivity index (χ2n) is 7.20. The zero-order chi connectivity index (χ0) is 18.6. The molecular weight excluding hydrogens is 325 g/mol. The van der Waals surface area contributed by atoms with Crippen molar-refractivity contribution in [1.29, 1.82) is 0 Å². The molecule has 1 aromatic rings. The van der Waals surface area contributed by atoms with Gasteiger partial charge < -0.3 is 34.8 Å². The van der Waals surface area contributed by atoms with Gasteiger partial charge in [-0.2, -0.15) is 0 Å². The van der Waals surface area contributed by atoms with Crippen LogP contribution in [-0.4, -0.2) is 84.4 Å². The number of ether oxygens (including phenoxy) is 2. The van der Waals surface area contributed by atoms with E-state index in [2.05, 4.69) is 0 Å². The van der Waals surface area contributed by atoms with E-state index in [0.29, 0.717) is 24.5 Å². The number of fused-ring (bicyclic) bond motifs is 1. The molecule has 1 saturated heterocycles. The molecule has 2 fully saturated rings. The second-order valence-corrected chi connectivity index (χ2v) is 7.20. The fourth-order valence-electron chi connectivity index (χ4n) is 4.68. The molecule has 1 heterocycles. The van der Waals surface area contributed by atoms with Crippen molar-refractivity contribution in [3.05, 3.63) is 23.8 Å². The van der Waals surface area contributed by atoms with Gasteiger partial charge in [-0.05, 0) is 37.7 Å². The highest BCUT2D eigenvalue weighted by Crippen LogP contribution is 2.54. The molecule has 25 heavy (non-hydrogen) atoms. The van der Waals surface area contributed by atoms with Crippen molar-refractivity contribution in [3.8, 4) is 11.5 Å². The van der Waals surface area contributed by atoms with Crippen molar-refractivity contribution in [3.63, 3.8) is 0 Å². The molecule has 0 bridgehead atoms. The fraction of sp³-hybridized carbons (Fsp3) is 0.647. The van der Waals surface area contributed by atoms with E-state index in [1.54, 1.807) is 25.2 Å². The lowest BCUT2D eigenvalue weighted by Gasteiger charge is -2.56. The average molecular weight is 349 g/mol. The summed E-state index contributed by atoms with van der Waals surface area (Å²) in [5.74, 6) is -1.47. The lowest BCUT2D eigenvalue weighted by molar-refractivity contribution is -0.295. The minimum absolute atomic E-state index is 0.162. The minimum Gasteiger partial charge on any atom is -0.493 e. The third kappa shape index (κ3) is 2.55. The monoisotopic (exact) mass is 349 g/mol.